The molecular weight excluding hydrogens is 408 g/mol. The van der Waals surface area contributed by atoms with Crippen LogP contribution in [-0.4, -0.2) is 42.0 Å². The highest BCUT2D eigenvalue weighted by atomic mass is 19.3. The number of alkyl halides is 12. The molecule has 0 nitrogen and oxygen atoms in total. The van der Waals surface area contributed by atoms with E-state index >= 15 is 0 Å². The van der Waals surface area contributed by atoms with E-state index in [1.165, 1.54) is 0 Å². The van der Waals surface area contributed by atoms with Gasteiger partial charge in [-0.1, -0.05) is 6.08 Å². The average Bonchev–Trinajstić information content (AvgIpc) is 2.50. The molecule has 12 heteroatoms. The van der Waals surface area contributed by atoms with Crippen LogP contribution in [0.1, 0.15) is 20.8 Å². The van der Waals surface area contributed by atoms with Gasteiger partial charge in [-0.25, -0.2) is 48.3 Å². The molecule has 2 rings (SSSR count). The van der Waals surface area contributed by atoms with Crippen LogP contribution < -0.4 is 0 Å². The largest absolute Gasteiger partial charge is 0.307 e. The SMILES string of the molecule is C=CC12C(F)(F)C(C)(F)C(F)(F)C(C)(C(F)(F)C(C)(CF)C1(F)F)C2(F)F. The number of hydrogen-bond donors (Lipinski definition) is 0. The fourth-order valence-corrected chi connectivity index (χ4v) is 4.35. The van der Waals surface area contributed by atoms with Crippen LogP contribution in [0, 0.1) is 16.2 Å². The Hall–Kier alpha value is -1.10. The minimum absolute atomic E-state index is 0.411. The van der Waals surface area contributed by atoms with E-state index < -0.39 is 85.0 Å². The fraction of sp³-hybridized carbons (Fsp3) is 0.867. The zero-order valence-corrected chi connectivity index (χ0v) is 14.0. The minimum Gasteiger partial charge on any atom is -0.250 e. The van der Waals surface area contributed by atoms with Crippen molar-refractivity contribution in [2.24, 2.45) is 16.2 Å². The van der Waals surface area contributed by atoms with Gasteiger partial charge in [0.15, 0.2) is 10.8 Å². The van der Waals surface area contributed by atoms with Gasteiger partial charge in [-0.3, -0.25) is 4.39 Å². The van der Waals surface area contributed by atoms with Crippen molar-refractivity contribution in [3.63, 3.8) is 0 Å². The summed E-state index contributed by atoms with van der Waals surface area (Å²) >= 11 is 0. The molecular formula is C15H14F12. The van der Waals surface area contributed by atoms with Crippen LogP contribution in [0.4, 0.5) is 52.7 Å². The predicted octanol–water partition coefficient (Wildman–Crippen LogP) is 6.07. The number of hydrogen-bond acceptors (Lipinski definition) is 0. The first kappa shape index (κ1) is 22.2. The van der Waals surface area contributed by atoms with E-state index in [4.69, 9.17) is 0 Å². The molecule has 0 spiro atoms. The Morgan fingerprint density at radius 2 is 1.04 bits per heavy atom. The molecule has 0 aromatic rings. The van der Waals surface area contributed by atoms with E-state index in [-0.39, 0.29) is 0 Å². The lowest BCUT2D eigenvalue weighted by atomic mass is 9.38. The smallest absolute Gasteiger partial charge is 0.250 e. The van der Waals surface area contributed by atoms with Gasteiger partial charge in [0.1, 0.15) is 12.1 Å². The third-order valence-corrected chi connectivity index (χ3v) is 6.51. The monoisotopic (exact) mass is 422 g/mol. The van der Waals surface area contributed by atoms with E-state index in [1.807, 2.05) is 0 Å². The quantitative estimate of drug-likeness (QED) is 0.374. The zero-order chi connectivity index (χ0) is 21.9. The van der Waals surface area contributed by atoms with Crippen molar-refractivity contribution in [1.29, 1.82) is 0 Å². The van der Waals surface area contributed by atoms with Crippen molar-refractivity contribution >= 4 is 0 Å². The predicted molar refractivity (Wildman–Crippen MR) is 69.1 cm³/mol. The lowest BCUT2D eigenvalue weighted by molar-refractivity contribution is -0.532. The summed E-state index contributed by atoms with van der Waals surface area (Å²) in [4.78, 5) is 0. The molecule has 0 saturated heterocycles. The zero-order valence-electron chi connectivity index (χ0n) is 14.0. The summed E-state index contributed by atoms with van der Waals surface area (Å²) in [5.74, 6) is -31.0. The first-order valence-electron chi connectivity index (χ1n) is 7.40. The number of allylic oxidation sites excluding steroid dienone is 1. The van der Waals surface area contributed by atoms with E-state index in [1.54, 1.807) is 0 Å². The molecule has 4 atom stereocenters. The van der Waals surface area contributed by atoms with Crippen molar-refractivity contribution in [3.8, 4) is 0 Å². The molecule has 0 aliphatic heterocycles. The summed E-state index contributed by atoms with van der Waals surface area (Å²) in [5.41, 5.74) is -21.3. The van der Waals surface area contributed by atoms with Gasteiger partial charge in [0.25, 0.3) is 17.8 Å². The van der Waals surface area contributed by atoms with E-state index in [0.29, 0.717) is 0 Å². The standard InChI is InChI=1S/C15H14F12/c1-5-10-12(20,21)7(2,6-16)11(18,19)8(3,14(10,24)25)13(22,23)9(4,17)15(10,26)27/h5H,1,6H2,2-4H3. The number of rotatable bonds is 2. The molecule has 2 aliphatic rings. The summed E-state index contributed by atoms with van der Waals surface area (Å²) in [6.07, 6.45) is -0.915. The van der Waals surface area contributed by atoms with Gasteiger partial charge < -0.3 is 0 Å². The first-order chi connectivity index (χ1) is 11.6. The number of fused-ring (bicyclic) bond motifs is 2. The lowest BCUT2D eigenvalue weighted by Gasteiger charge is -2.71. The third-order valence-electron chi connectivity index (χ3n) is 6.51. The Bertz CT molecular complexity index is 680. The second-order valence-corrected chi connectivity index (χ2v) is 7.48. The maximum atomic E-state index is 14.9. The molecule has 0 radical (unpaired) electrons. The molecule has 0 aromatic carbocycles. The van der Waals surface area contributed by atoms with Crippen molar-refractivity contribution in [2.75, 3.05) is 6.67 Å². The average molecular weight is 422 g/mol. The molecule has 27 heavy (non-hydrogen) atoms. The van der Waals surface area contributed by atoms with Gasteiger partial charge in [-0.15, -0.1) is 6.58 Å². The summed E-state index contributed by atoms with van der Waals surface area (Å²) in [5, 5.41) is 0. The third kappa shape index (κ3) is 1.45. The Morgan fingerprint density at radius 1 is 0.630 bits per heavy atom. The molecule has 2 aliphatic carbocycles. The number of halogens is 12. The van der Waals surface area contributed by atoms with Gasteiger partial charge in [0.2, 0.25) is 5.67 Å². The van der Waals surface area contributed by atoms with Gasteiger partial charge >= 0.3 is 11.8 Å². The van der Waals surface area contributed by atoms with Gasteiger partial charge in [0, 0.05) is 0 Å². The van der Waals surface area contributed by atoms with Gasteiger partial charge in [-0.05, 0) is 20.8 Å². The molecule has 158 valence electrons. The Labute approximate surface area is 145 Å². The van der Waals surface area contributed by atoms with Crippen molar-refractivity contribution < 1.29 is 52.7 Å². The summed E-state index contributed by atoms with van der Waals surface area (Å²) < 4.78 is 175. The van der Waals surface area contributed by atoms with Gasteiger partial charge in [-0.2, -0.15) is 0 Å². The van der Waals surface area contributed by atoms with E-state index in [2.05, 4.69) is 6.58 Å². The Morgan fingerprint density at radius 3 is 1.37 bits per heavy atom. The highest BCUT2D eigenvalue weighted by molar-refractivity contribution is 5.42. The van der Waals surface area contributed by atoms with Crippen molar-refractivity contribution in [3.05, 3.63) is 12.7 Å². The maximum Gasteiger partial charge on any atom is 0.307 e. The topological polar surface area (TPSA) is 0 Å². The molecule has 0 aromatic heterocycles. The van der Waals surface area contributed by atoms with Crippen LogP contribution in [0.15, 0.2) is 12.7 Å². The van der Waals surface area contributed by atoms with E-state index in [9.17, 15) is 52.7 Å². The second kappa shape index (κ2) is 4.72. The molecule has 0 amide bonds. The Balaban J connectivity index is 3.28. The molecule has 2 bridgehead atoms. The maximum absolute atomic E-state index is 14.9. The van der Waals surface area contributed by atoms with Crippen LogP contribution >= 0.6 is 0 Å². The lowest BCUT2D eigenvalue weighted by Crippen LogP contribution is -2.93. The molecule has 0 heterocycles. The molecule has 2 saturated carbocycles. The minimum atomic E-state index is -6.31. The van der Waals surface area contributed by atoms with E-state index in [0.717, 1.165) is 0 Å². The van der Waals surface area contributed by atoms with Crippen molar-refractivity contribution in [2.45, 2.75) is 56.1 Å². The highest BCUT2D eigenvalue weighted by Crippen LogP contribution is 2.85. The molecule has 2 fully saturated rings. The van der Waals surface area contributed by atoms with Gasteiger partial charge in [0.05, 0.1) is 0 Å². The normalized spacial score (nSPS) is 48.7. The summed E-state index contributed by atoms with van der Waals surface area (Å²) in [6, 6.07) is 0. The van der Waals surface area contributed by atoms with Crippen LogP contribution in [0.3, 0.4) is 0 Å². The van der Waals surface area contributed by atoms with Crippen LogP contribution in [-0.2, 0) is 0 Å². The van der Waals surface area contributed by atoms with Crippen LogP contribution in [0.25, 0.3) is 0 Å². The molecule has 0 N–H and O–H groups in total. The van der Waals surface area contributed by atoms with Crippen LogP contribution in [0.5, 0.6) is 0 Å². The van der Waals surface area contributed by atoms with Crippen LogP contribution in [0.2, 0.25) is 0 Å². The highest BCUT2D eigenvalue weighted by Gasteiger charge is 3.07. The molecule has 4 unspecified atom stereocenters. The summed E-state index contributed by atoms with van der Waals surface area (Å²) in [7, 11) is 0. The fourth-order valence-electron chi connectivity index (χ4n) is 4.35. The summed E-state index contributed by atoms with van der Waals surface area (Å²) in [6.45, 7) is -2.39. The van der Waals surface area contributed by atoms with Crippen molar-refractivity contribution in [1.82, 2.24) is 0 Å². The first-order valence-corrected chi connectivity index (χ1v) is 7.40. The second-order valence-electron chi connectivity index (χ2n) is 7.48. The Kier molecular flexibility index (Phi) is 3.88.